The molecule has 0 aromatic carbocycles. The van der Waals surface area contributed by atoms with Crippen LogP contribution in [0.2, 0.25) is 0 Å². The number of hydrogen-bond acceptors (Lipinski definition) is 1. The first kappa shape index (κ1) is 7.87. The minimum atomic E-state index is 0.572. The second-order valence-electron chi connectivity index (χ2n) is 3.86. The van der Waals surface area contributed by atoms with Gasteiger partial charge in [-0.15, -0.1) is 0 Å². The van der Waals surface area contributed by atoms with Gasteiger partial charge in [0.15, 0.2) is 0 Å². The molecular formula is C10H16N2. The van der Waals surface area contributed by atoms with Gasteiger partial charge in [0, 0.05) is 30.4 Å². The van der Waals surface area contributed by atoms with Crippen molar-refractivity contribution >= 4 is 0 Å². The van der Waals surface area contributed by atoms with Crippen molar-refractivity contribution < 1.29 is 0 Å². The maximum atomic E-state index is 3.33. The molecule has 0 spiro atoms. The number of rotatable bonds is 0. The van der Waals surface area contributed by atoms with Gasteiger partial charge >= 0.3 is 0 Å². The quantitative estimate of drug-likeness (QED) is 0.622. The predicted octanol–water partition coefficient (Wildman–Crippen LogP) is 2.12. The van der Waals surface area contributed by atoms with Crippen LogP contribution in [0.3, 0.4) is 0 Å². The molecule has 0 unspecified atom stereocenters. The van der Waals surface area contributed by atoms with Gasteiger partial charge in [0.1, 0.15) is 0 Å². The normalized spacial score (nSPS) is 30.2. The number of fused-ring (bicyclic) bond motifs is 1. The van der Waals surface area contributed by atoms with E-state index in [0.717, 1.165) is 6.54 Å². The molecule has 1 aromatic heterocycles. The average molecular weight is 164 g/mol. The molecule has 2 heteroatoms. The molecule has 0 fully saturated rings. The Kier molecular flexibility index (Phi) is 1.72. The molecule has 0 saturated heterocycles. The molecule has 12 heavy (non-hydrogen) atoms. The maximum Gasteiger partial charge on any atom is 0.0334 e. The first-order valence-corrected chi connectivity index (χ1v) is 4.57. The third-order valence-corrected chi connectivity index (χ3v) is 2.98. The monoisotopic (exact) mass is 164 g/mol. The van der Waals surface area contributed by atoms with Crippen molar-refractivity contribution in [1.82, 2.24) is 9.88 Å². The molecule has 1 aromatic rings. The highest BCUT2D eigenvalue weighted by Crippen LogP contribution is 2.33. The van der Waals surface area contributed by atoms with Gasteiger partial charge in [-0.3, -0.25) is 4.90 Å². The van der Waals surface area contributed by atoms with E-state index in [4.69, 9.17) is 0 Å². The van der Waals surface area contributed by atoms with Crippen LogP contribution in [0.25, 0.3) is 0 Å². The standard InChI is InChI=1S/C10H16N2/c1-7-6-12(3)8(2)9-4-5-11-10(7)9/h4-5,7-8,11H,6H2,1-3H3/t7-,8-/m0/s1. The Morgan fingerprint density at radius 1 is 1.50 bits per heavy atom. The van der Waals surface area contributed by atoms with Crippen molar-refractivity contribution in [1.29, 1.82) is 0 Å². The van der Waals surface area contributed by atoms with E-state index in [2.05, 4.69) is 43.0 Å². The summed E-state index contributed by atoms with van der Waals surface area (Å²) in [5.74, 6) is 0.649. The van der Waals surface area contributed by atoms with Crippen LogP contribution in [-0.4, -0.2) is 23.5 Å². The predicted molar refractivity (Wildman–Crippen MR) is 50.3 cm³/mol. The summed E-state index contributed by atoms with van der Waals surface area (Å²) in [6.45, 7) is 5.70. The summed E-state index contributed by atoms with van der Waals surface area (Å²) in [5, 5.41) is 0. The highest BCUT2D eigenvalue weighted by Gasteiger charge is 2.26. The second-order valence-corrected chi connectivity index (χ2v) is 3.86. The zero-order valence-electron chi connectivity index (χ0n) is 7.96. The van der Waals surface area contributed by atoms with Crippen LogP contribution in [0, 0.1) is 0 Å². The molecule has 2 heterocycles. The minimum Gasteiger partial charge on any atom is -0.364 e. The summed E-state index contributed by atoms with van der Waals surface area (Å²) in [7, 11) is 2.19. The van der Waals surface area contributed by atoms with Gasteiger partial charge in [0.05, 0.1) is 0 Å². The van der Waals surface area contributed by atoms with E-state index in [0.29, 0.717) is 12.0 Å². The van der Waals surface area contributed by atoms with Crippen LogP contribution >= 0.6 is 0 Å². The summed E-state index contributed by atoms with van der Waals surface area (Å²) in [5.41, 5.74) is 2.90. The van der Waals surface area contributed by atoms with Crippen LogP contribution < -0.4 is 0 Å². The summed E-state index contributed by atoms with van der Waals surface area (Å²) >= 11 is 0. The number of nitrogens with one attached hydrogen (secondary N) is 1. The van der Waals surface area contributed by atoms with Gasteiger partial charge in [-0.2, -0.15) is 0 Å². The molecule has 1 N–H and O–H groups in total. The fourth-order valence-electron chi connectivity index (χ4n) is 2.10. The maximum absolute atomic E-state index is 3.33. The number of aromatic nitrogens is 1. The number of aromatic amines is 1. The Balaban J connectivity index is 2.43. The Hall–Kier alpha value is -0.760. The van der Waals surface area contributed by atoms with E-state index in [-0.39, 0.29) is 0 Å². The Morgan fingerprint density at radius 3 is 3.00 bits per heavy atom. The van der Waals surface area contributed by atoms with E-state index in [1.165, 1.54) is 11.3 Å². The number of hydrogen-bond donors (Lipinski definition) is 1. The molecule has 1 aliphatic rings. The molecule has 2 atom stereocenters. The molecule has 2 nitrogen and oxygen atoms in total. The van der Waals surface area contributed by atoms with E-state index in [9.17, 15) is 0 Å². The zero-order valence-corrected chi connectivity index (χ0v) is 7.96. The van der Waals surface area contributed by atoms with Gasteiger partial charge in [-0.25, -0.2) is 0 Å². The van der Waals surface area contributed by atoms with Crippen LogP contribution in [0.15, 0.2) is 12.3 Å². The van der Waals surface area contributed by atoms with E-state index in [1.807, 2.05) is 0 Å². The van der Waals surface area contributed by atoms with E-state index >= 15 is 0 Å². The lowest BCUT2D eigenvalue weighted by Gasteiger charge is -2.33. The van der Waals surface area contributed by atoms with E-state index < -0.39 is 0 Å². The molecule has 66 valence electrons. The Bertz CT molecular complexity index is 277. The van der Waals surface area contributed by atoms with E-state index in [1.54, 1.807) is 0 Å². The molecule has 0 saturated carbocycles. The Morgan fingerprint density at radius 2 is 2.25 bits per heavy atom. The first-order valence-electron chi connectivity index (χ1n) is 4.57. The third kappa shape index (κ3) is 0.985. The lowest BCUT2D eigenvalue weighted by atomic mass is 9.94. The second kappa shape index (κ2) is 2.63. The van der Waals surface area contributed by atoms with Crippen molar-refractivity contribution in [3.8, 4) is 0 Å². The number of H-pyrrole nitrogens is 1. The third-order valence-electron chi connectivity index (χ3n) is 2.98. The van der Waals surface area contributed by atoms with Gasteiger partial charge in [-0.05, 0) is 25.6 Å². The first-order chi connectivity index (χ1) is 5.70. The molecule has 0 aliphatic carbocycles. The number of likely N-dealkylation sites (N-methyl/N-ethyl adjacent to an activating group) is 1. The smallest absolute Gasteiger partial charge is 0.0334 e. The minimum absolute atomic E-state index is 0.572. The van der Waals surface area contributed by atoms with Crippen molar-refractivity contribution in [3.63, 3.8) is 0 Å². The number of nitrogens with zero attached hydrogens (tertiary/aromatic N) is 1. The highest BCUT2D eigenvalue weighted by molar-refractivity contribution is 5.29. The SMILES string of the molecule is C[C@H]1CN(C)[C@@H](C)c2cc[nH]c21. The lowest BCUT2D eigenvalue weighted by molar-refractivity contribution is 0.227. The summed E-state index contributed by atoms with van der Waals surface area (Å²) in [6.07, 6.45) is 2.05. The van der Waals surface area contributed by atoms with Crippen molar-refractivity contribution in [3.05, 3.63) is 23.5 Å². The van der Waals surface area contributed by atoms with Gasteiger partial charge in [-0.1, -0.05) is 6.92 Å². The Labute approximate surface area is 73.6 Å². The van der Waals surface area contributed by atoms with Crippen LogP contribution in [0.5, 0.6) is 0 Å². The molecule has 0 radical (unpaired) electrons. The summed E-state index contributed by atoms with van der Waals surface area (Å²) < 4.78 is 0. The molecule has 0 amide bonds. The molecular weight excluding hydrogens is 148 g/mol. The summed E-state index contributed by atoms with van der Waals surface area (Å²) in [6, 6.07) is 2.77. The van der Waals surface area contributed by atoms with Crippen molar-refractivity contribution in [2.24, 2.45) is 0 Å². The van der Waals surface area contributed by atoms with Gasteiger partial charge < -0.3 is 4.98 Å². The topological polar surface area (TPSA) is 19.0 Å². The average Bonchev–Trinajstić information content (AvgIpc) is 2.48. The molecule has 2 rings (SSSR count). The molecule has 1 aliphatic heterocycles. The largest absolute Gasteiger partial charge is 0.364 e. The lowest BCUT2D eigenvalue weighted by Crippen LogP contribution is -2.32. The molecule has 0 bridgehead atoms. The fraction of sp³-hybridized carbons (Fsp3) is 0.600. The van der Waals surface area contributed by atoms with Crippen LogP contribution in [-0.2, 0) is 0 Å². The van der Waals surface area contributed by atoms with Gasteiger partial charge in [0.25, 0.3) is 0 Å². The van der Waals surface area contributed by atoms with Crippen molar-refractivity contribution in [2.75, 3.05) is 13.6 Å². The summed E-state index contributed by atoms with van der Waals surface area (Å²) in [4.78, 5) is 5.74. The van der Waals surface area contributed by atoms with Crippen molar-refractivity contribution in [2.45, 2.75) is 25.8 Å². The van der Waals surface area contributed by atoms with Crippen LogP contribution in [0.1, 0.15) is 37.1 Å². The van der Waals surface area contributed by atoms with Gasteiger partial charge in [0.2, 0.25) is 0 Å². The zero-order chi connectivity index (χ0) is 8.72. The van der Waals surface area contributed by atoms with Crippen LogP contribution in [0.4, 0.5) is 0 Å². The highest BCUT2D eigenvalue weighted by atomic mass is 15.1. The fourth-order valence-corrected chi connectivity index (χ4v) is 2.10.